The summed E-state index contributed by atoms with van der Waals surface area (Å²) in [5.41, 5.74) is 0.184. The number of alkyl halides is 3. The largest absolute Gasteiger partial charge is 0.481 e. The number of hydrogen-bond donors (Lipinski definition) is 1. The van der Waals surface area contributed by atoms with Crippen molar-refractivity contribution >= 4 is 0 Å². The molecule has 0 aliphatic heterocycles. The fourth-order valence-corrected chi connectivity index (χ4v) is 1.18. The van der Waals surface area contributed by atoms with Crippen LogP contribution in [0.25, 0.3) is 0 Å². The Kier molecular flexibility index (Phi) is 4.12. The summed E-state index contributed by atoms with van der Waals surface area (Å²) in [6, 6.07) is 4.58. The van der Waals surface area contributed by atoms with E-state index in [1.54, 1.807) is 12.1 Å². The van der Waals surface area contributed by atoms with E-state index in [-0.39, 0.29) is 11.6 Å². The molecule has 0 aliphatic carbocycles. The number of nitrogens with zero attached hydrogens (tertiary/aromatic N) is 1. The van der Waals surface area contributed by atoms with Crippen molar-refractivity contribution < 1.29 is 23.0 Å². The average molecular weight is 235 g/mol. The molecular weight excluding hydrogens is 223 g/mol. The van der Waals surface area contributed by atoms with Gasteiger partial charge in [-0.3, -0.25) is 0 Å². The molecule has 0 aromatic carbocycles. The molecule has 0 radical (unpaired) electrons. The first-order valence-electron chi connectivity index (χ1n) is 4.68. The minimum atomic E-state index is -4.26. The van der Waals surface area contributed by atoms with Gasteiger partial charge in [-0.05, 0) is 12.5 Å². The molecule has 1 atom stereocenters. The number of hydrogen-bond acceptors (Lipinski definition) is 3. The van der Waals surface area contributed by atoms with Crippen molar-refractivity contribution in [1.29, 1.82) is 0 Å². The van der Waals surface area contributed by atoms with E-state index in [0.717, 1.165) is 0 Å². The zero-order chi connectivity index (χ0) is 12.2. The Labute approximate surface area is 90.9 Å². The lowest BCUT2D eigenvalue weighted by Gasteiger charge is -2.12. The fraction of sp³-hybridized carbons (Fsp3) is 0.500. The lowest BCUT2D eigenvalue weighted by molar-refractivity contribution is -0.140. The molecule has 1 N–H and O–H groups in total. The third kappa shape index (κ3) is 4.06. The van der Waals surface area contributed by atoms with Crippen molar-refractivity contribution in [3.8, 4) is 5.88 Å². The number of aromatic nitrogens is 1. The highest BCUT2D eigenvalue weighted by atomic mass is 19.4. The minimum Gasteiger partial charge on any atom is -0.481 e. The van der Waals surface area contributed by atoms with E-state index >= 15 is 0 Å². The summed E-state index contributed by atoms with van der Waals surface area (Å²) in [7, 11) is 1.40. The molecule has 1 heterocycles. The van der Waals surface area contributed by atoms with Crippen molar-refractivity contribution in [2.75, 3.05) is 7.11 Å². The van der Waals surface area contributed by atoms with Crippen LogP contribution in [-0.4, -0.2) is 23.4 Å². The normalized spacial score (nSPS) is 13.6. The molecule has 1 unspecified atom stereocenters. The second kappa shape index (κ2) is 5.16. The van der Waals surface area contributed by atoms with Gasteiger partial charge in [-0.15, -0.1) is 0 Å². The molecule has 0 spiro atoms. The van der Waals surface area contributed by atoms with Crippen LogP contribution >= 0.6 is 0 Å². The Balaban J connectivity index is 2.62. The molecule has 0 amide bonds. The summed E-state index contributed by atoms with van der Waals surface area (Å²) in [6.45, 7) is 0. The molecule has 6 heteroatoms. The molecular formula is C10H12F3NO2. The topological polar surface area (TPSA) is 42.4 Å². The average Bonchev–Trinajstić information content (AvgIpc) is 2.25. The zero-order valence-corrected chi connectivity index (χ0v) is 8.66. The molecule has 16 heavy (non-hydrogen) atoms. The van der Waals surface area contributed by atoms with E-state index in [0.29, 0.717) is 0 Å². The smallest absolute Gasteiger partial charge is 0.389 e. The summed E-state index contributed by atoms with van der Waals surface area (Å²) in [5.74, 6) is 0.267. The molecule has 3 nitrogen and oxygen atoms in total. The van der Waals surface area contributed by atoms with Gasteiger partial charge in [0.1, 0.15) is 0 Å². The molecule has 1 aromatic heterocycles. The van der Waals surface area contributed by atoms with Gasteiger partial charge in [0.05, 0.1) is 18.9 Å². The van der Waals surface area contributed by atoms with Gasteiger partial charge in [-0.25, -0.2) is 4.98 Å². The van der Waals surface area contributed by atoms with Crippen LogP contribution in [-0.2, 0) is 0 Å². The molecule has 0 saturated heterocycles. The standard InChI is InChI=1S/C10H12F3NO2/c1-16-9-4-2-3-7(14-9)8(15)5-6-10(11,12)13/h2-4,8,15H,5-6H2,1H3. The van der Waals surface area contributed by atoms with Crippen molar-refractivity contribution in [2.45, 2.75) is 25.1 Å². The third-order valence-electron chi connectivity index (χ3n) is 2.00. The summed E-state index contributed by atoms with van der Waals surface area (Å²) < 4.78 is 40.6. The second-order valence-corrected chi connectivity index (χ2v) is 3.27. The van der Waals surface area contributed by atoms with Gasteiger partial charge in [-0.2, -0.15) is 13.2 Å². The fourth-order valence-electron chi connectivity index (χ4n) is 1.18. The Bertz CT molecular complexity index is 341. The first kappa shape index (κ1) is 12.8. The summed E-state index contributed by atoms with van der Waals surface area (Å²) in [6.07, 6.45) is -6.92. The van der Waals surface area contributed by atoms with Crippen LogP contribution in [0.5, 0.6) is 5.88 Å². The molecule has 0 aliphatic rings. The SMILES string of the molecule is COc1cccc(C(O)CCC(F)(F)F)n1. The maximum absolute atomic E-state index is 11.9. The van der Waals surface area contributed by atoms with Crippen LogP contribution in [0.1, 0.15) is 24.6 Å². The van der Waals surface area contributed by atoms with Crippen LogP contribution in [0, 0.1) is 0 Å². The third-order valence-corrected chi connectivity index (χ3v) is 2.00. The lowest BCUT2D eigenvalue weighted by Crippen LogP contribution is -2.10. The van der Waals surface area contributed by atoms with Crippen molar-refractivity contribution in [2.24, 2.45) is 0 Å². The number of pyridine rings is 1. The van der Waals surface area contributed by atoms with E-state index in [1.165, 1.54) is 13.2 Å². The van der Waals surface area contributed by atoms with Crippen LogP contribution in [0.15, 0.2) is 18.2 Å². The Morgan fingerprint density at radius 1 is 1.44 bits per heavy atom. The lowest BCUT2D eigenvalue weighted by atomic mass is 10.1. The van der Waals surface area contributed by atoms with E-state index in [1.807, 2.05) is 0 Å². The van der Waals surface area contributed by atoms with Gasteiger partial charge in [0.15, 0.2) is 0 Å². The van der Waals surface area contributed by atoms with E-state index in [9.17, 15) is 18.3 Å². The molecule has 0 saturated carbocycles. The maximum atomic E-state index is 11.9. The highest BCUT2D eigenvalue weighted by Gasteiger charge is 2.28. The van der Waals surface area contributed by atoms with Gasteiger partial charge in [0.2, 0.25) is 5.88 Å². The number of rotatable bonds is 4. The van der Waals surface area contributed by atoms with Crippen molar-refractivity contribution in [3.63, 3.8) is 0 Å². The van der Waals surface area contributed by atoms with Gasteiger partial charge >= 0.3 is 6.18 Å². The highest BCUT2D eigenvalue weighted by Crippen LogP contribution is 2.27. The summed E-state index contributed by atoms with van der Waals surface area (Å²) in [5, 5.41) is 9.49. The second-order valence-electron chi connectivity index (χ2n) is 3.27. The first-order valence-corrected chi connectivity index (χ1v) is 4.68. The first-order chi connectivity index (χ1) is 7.42. The van der Waals surface area contributed by atoms with Crippen LogP contribution < -0.4 is 4.74 Å². The van der Waals surface area contributed by atoms with Gasteiger partial charge in [0, 0.05) is 12.5 Å². The predicted octanol–water partition coefficient (Wildman–Crippen LogP) is 2.47. The van der Waals surface area contributed by atoms with Crippen LogP contribution in [0.3, 0.4) is 0 Å². The summed E-state index contributed by atoms with van der Waals surface area (Å²) >= 11 is 0. The van der Waals surface area contributed by atoms with Crippen molar-refractivity contribution in [1.82, 2.24) is 4.98 Å². The molecule has 1 aromatic rings. The van der Waals surface area contributed by atoms with Crippen LogP contribution in [0.4, 0.5) is 13.2 Å². The number of aliphatic hydroxyl groups is 1. The van der Waals surface area contributed by atoms with Crippen LogP contribution in [0.2, 0.25) is 0 Å². The Morgan fingerprint density at radius 2 is 2.12 bits per heavy atom. The highest BCUT2D eigenvalue weighted by molar-refractivity contribution is 5.17. The molecule has 90 valence electrons. The zero-order valence-electron chi connectivity index (χ0n) is 8.66. The van der Waals surface area contributed by atoms with E-state index in [2.05, 4.69) is 4.98 Å². The van der Waals surface area contributed by atoms with Gasteiger partial charge in [0.25, 0.3) is 0 Å². The Hall–Kier alpha value is -1.30. The summed E-state index contributed by atoms with van der Waals surface area (Å²) in [4.78, 5) is 3.85. The van der Waals surface area contributed by atoms with Gasteiger partial charge in [-0.1, -0.05) is 6.07 Å². The quantitative estimate of drug-likeness (QED) is 0.871. The predicted molar refractivity (Wildman–Crippen MR) is 51.0 cm³/mol. The molecule has 0 fully saturated rings. The number of halogens is 3. The molecule has 1 rings (SSSR count). The number of methoxy groups -OCH3 is 1. The maximum Gasteiger partial charge on any atom is 0.389 e. The van der Waals surface area contributed by atoms with Gasteiger partial charge < -0.3 is 9.84 Å². The number of ether oxygens (including phenoxy) is 1. The van der Waals surface area contributed by atoms with Crippen molar-refractivity contribution in [3.05, 3.63) is 23.9 Å². The Morgan fingerprint density at radius 3 is 2.69 bits per heavy atom. The number of aliphatic hydroxyl groups excluding tert-OH is 1. The van der Waals surface area contributed by atoms with E-state index in [4.69, 9.17) is 4.74 Å². The van der Waals surface area contributed by atoms with E-state index < -0.39 is 25.1 Å². The monoisotopic (exact) mass is 235 g/mol. The molecule has 0 bridgehead atoms. The minimum absolute atomic E-state index is 0.184.